The molecule has 1 fully saturated rings. The van der Waals surface area contributed by atoms with Gasteiger partial charge in [0.25, 0.3) is 5.56 Å². The van der Waals surface area contributed by atoms with Gasteiger partial charge in [-0.2, -0.15) is 5.10 Å². The van der Waals surface area contributed by atoms with E-state index in [2.05, 4.69) is 44.7 Å². The van der Waals surface area contributed by atoms with Crippen molar-refractivity contribution in [1.82, 2.24) is 9.55 Å². The van der Waals surface area contributed by atoms with Gasteiger partial charge < -0.3 is 0 Å². The standard InChI is InChI=1S/C30H27BrN4O/c31-24-14-12-21(13-15-24)19-32-34-29-33-27-25-11-5-4-10-23(25)18-30(16-6-7-17-30)26(27)28(36)35(29)20-22-8-2-1-3-9-22/h1-5,8-15,19H,6-7,16-18,20H2,(H,33,34)/b32-19+. The molecule has 1 heterocycles. The van der Waals surface area contributed by atoms with Crippen LogP contribution in [0.5, 0.6) is 0 Å². The molecule has 0 radical (unpaired) electrons. The predicted octanol–water partition coefficient (Wildman–Crippen LogP) is 6.54. The molecule has 1 saturated carbocycles. The molecule has 180 valence electrons. The van der Waals surface area contributed by atoms with E-state index in [1.165, 1.54) is 5.56 Å². The summed E-state index contributed by atoms with van der Waals surface area (Å²) in [5.41, 5.74) is 9.07. The number of aromatic nitrogens is 2. The lowest BCUT2D eigenvalue weighted by atomic mass is 9.68. The lowest BCUT2D eigenvalue weighted by Gasteiger charge is -2.36. The molecule has 2 aliphatic carbocycles. The van der Waals surface area contributed by atoms with E-state index in [0.29, 0.717) is 12.5 Å². The van der Waals surface area contributed by atoms with Gasteiger partial charge >= 0.3 is 0 Å². The van der Waals surface area contributed by atoms with Crippen LogP contribution in [0.1, 0.15) is 47.9 Å². The Morgan fingerprint density at radius 1 is 0.972 bits per heavy atom. The molecule has 0 atom stereocenters. The lowest BCUT2D eigenvalue weighted by molar-refractivity contribution is 0.422. The summed E-state index contributed by atoms with van der Waals surface area (Å²) in [4.78, 5) is 19.4. The van der Waals surface area contributed by atoms with Crippen molar-refractivity contribution in [3.05, 3.63) is 116 Å². The minimum atomic E-state index is -0.134. The van der Waals surface area contributed by atoms with Gasteiger partial charge in [0.15, 0.2) is 0 Å². The van der Waals surface area contributed by atoms with Gasteiger partial charge in [-0.05, 0) is 48.1 Å². The first-order chi connectivity index (χ1) is 17.6. The number of hydrogen-bond donors (Lipinski definition) is 1. The largest absolute Gasteiger partial charge is 0.273 e. The molecular formula is C30H27BrN4O. The lowest BCUT2D eigenvalue weighted by Crippen LogP contribution is -2.40. The topological polar surface area (TPSA) is 59.3 Å². The predicted molar refractivity (Wildman–Crippen MR) is 149 cm³/mol. The van der Waals surface area contributed by atoms with Crippen LogP contribution in [0.25, 0.3) is 11.3 Å². The molecule has 0 amide bonds. The Labute approximate surface area is 219 Å². The van der Waals surface area contributed by atoms with Crippen LogP contribution in [0, 0.1) is 0 Å². The molecule has 1 spiro atoms. The number of anilines is 1. The molecule has 0 unspecified atom stereocenters. The first-order valence-corrected chi connectivity index (χ1v) is 13.2. The fourth-order valence-electron chi connectivity index (χ4n) is 5.78. The molecule has 2 aliphatic rings. The molecule has 1 aromatic heterocycles. The number of fused-ring (bicyclic) bond motifs is 4. The fourth-order valence-corrected chi connectivity index (χ4v) is 6.04. The second kappa shape index (κ2) is 9.51. The number of nitrogens with zero attached hydrogens (tertiary/aromatic N) is 3. The summed E-state index contributed by atoms with van der Waals surface area (Å²) in [5.74, 6) is 0.459. The van der Waals surface area contributed by atoms with Gasteiger partial charge in [0, 0.05) is 15.5 Å². The van der Waals surface area contributed by atoms with Crippen LogP contribution < -0.4 is 11.0 Å². The average molecular weight is 539 g/mol. The van der Waals surface area contributed by atoms with Crippen LogP contribution in [-0.2, 0) is 18.4 Å². The Hall–Kier alpha value is -3.51. The number of benzene rings is 3. The summed E-state index contributed by atoms with van der Waals surface area (Å²) in [6.45, 7) is 0.438. The molecule has 5 nitrogen and oxygen atoms in total. The van der Waals surface area contributed by atoms with Gasteiger partial charge in [-0.1, -0.05) is 95.5 Å². The van der Waals surface area contributed by atoms with Crippen LogP contribution >= 0.6 is 15.9 Å². The van der Waals surface area contributed by atoms with E-state index in [4.69, 9.17) is 4.98 Å². The van der Waals surface area contributed by atoms with Gasteiger partial charge in [-0.25, -0.2) is 10.4 Å². The third-order valence-electron chi connectivity index (χ3n) is 7.49. The maximum atomic E-state index is 14.3. The van der Waals surface area contributed by atoms with E-state index in [0.717, 1.165) is 64.5 Å². The number of rotatable bonds is 5. The first-order valence-electron chi connectivity index (χ1n) is 12.5. The minimum Gasteiger partial charge on any atom is -0.273 e. The minimum absolute atomic E-state index is 0.0431. The van der Waals surface area contributed by atoms with E-state index in [1.807, 2.05) is 60.7 Å². The van der Waals surface area contributed by atoms with Crippen LogP contribution in [0.3, 0.4) is 0 Å². The maximum absolute atomic E-state index is 14.3. The third kappa shape index (κ3) is 4.20. The summed E-state index contributed by atoms with van der Waals surface area (Å²) in [6, 6.07) is 26.4. The van der Waals surface area contributed by atoms with E-state index in [9.17, 15) is 4.79 Å². The Balaban J connectivity index is 1.50. The van der Waals surface area contributed by atoms with E-state index in [-0.39, 0.29) is 11.0 Å². The van der Waals surface area contributed by atoms with Crippen molar-refractivity contribution >= 4 is 28.1 Å². The van der Waals surface area contributed by atoms with Crippen LogP contribution in [-0.4, -0.2) is 15.8 Å². The molecule has 0 saturated heterocycles. The molecule has 36 heavy (non-hydrogen) atoms. The summed E-state index contributed by atoms with van der Waals surface area (Å²) in [6.07, 6.45) is 7.02. The summed E-state index contributed by atoms with van der Waals surface area (Å²) >= 11 is 3.46. The number of hydrazone groups is 1. The second-order valence-electron chi connectivity index (χ2n) is 9.78. The van der Waals surface area contributed by atoms with Crippen LogP contribution in [0.4, 0.5) is 5.95 Å². The van der Waals surface area contributed by atoms with Crippen molar-refractivity contribution < 1.29 is 0 Å². The highest BCUT2D eigenvalue weighted by molar-refractivity contribution is 9.10. The molecule has 3 aromatic carbocycles. The van der Waals surface area contributed by atoms with Crippen molar-refractivity contribution in [1.29, 1.82) is 0 Å². The van der Waals surface area contributed by atoms with Gasteiger partial charge in [0.05, 0.1) is 24.0 Å². The Morgan fingerprint density at radius 3 is 2.47 bits per heavy atom. The number of nitrogens with one attached hydrogen (secondary N) is 1. The molecule has 0 aliphatic heterocycles. The third-order valence-corrected chi connectivity index (χ3v) is 8.02. The Morgan fingerprint density at radius 2 is 1.69 bits per heavy atom. The second-order valence-corrected chi connectivity index (χ2v) is 10.7. The highest BCUT2D eigenvalue weighted by atomic mass is 79.9. The van der Waals surface area contributed by atoms with Crippen molar-refractivity contribution in [3.8, 4) is 11.3 Å². The van der Waals surface area contributed by atoms with Crippen molar-refractivity contribution in [3.63, 3.8) is 0 Å². The molecule has 1 N–H and O–H groups in total. The molecular weight excluding hydrogens is 512 g/mol. The number of hydrogen-bond acceptors (Lipinski definition) is 4. The van der Waals surface area contributed by atoms with Gasteiger partial charge in [-0.3, -0.25) is 9.36 Å². The first kappa shape index (κ1) is 22.9. The number of halogens is 1. The normalized spacial score (nSPS) is 15.7. The molecule has 6 rings (SSSR count). The summed E-state index contributed by atoms with van der Waals surface area (Å²) < 4.78 is 2.78. The van der Waals surface area contributed by atoms with Crippen molar-refractivity contribution in [2.45, 2.75) is 44.1 Å². The van der Waals surface area contributed by atoms with Crippen molar-refractivity contribution in [2.24, 2.45) is 5.10 Å². The smallest absolute Gasteiger partial charge is 0.259 e. The van der Waals surface area contributed by atoms with Crippen LogP contribution in [0.2, 0.25) is 0 Å². The average Bonchev–Trinajstić information content (AvgIpc) is 3.36. The van der Waals surface area contributed by atoms with Gasteiger partial charge in [0.2, 0.25) is 5.95 Å². The highest BCUT2D eigenvalue weighted by Gasteiger charge is 2.44. The maximum Gasteiger partial charge on any atom is 0.259 e. The SMILES string of the molecule is O=c1c2c(nc(N/N=C/c3ccc(Br)cc3)n1Cc1ccccc1)-c1ccccc1CC21CCCC1. The monoisotopic (exact) mass is 538 g/mol. The Bertz CT molecular complexity index is 1490. The zero-order valence-electron chi connectivity index (χ0n) is 20.0. The zero-order valence-corrected chi connectivity index (χ0v) is 21.5. The summed E-state index contributed by atoms with van der Waals surface area (Å²) in [5, 5.41) is 4.47. The summed E-state index contributed by atoms with van der Waals surface area (Å²) in [7, 11) is 0. The van der Waals surface area contributed by atoms with Crippen molar-refractivity contribution in [2.75, 3.05) is 5.43 Å². The fraction of sp³-hybridized carbons (Fsp3) is 0.233. The van der Waals surface area contributed by atoms with E-state index < -0.39 is 0 Å². The van der Waals surface area contributed by atoms with E-state index in [1.54, 1.807) is 10.8 Å². The van der Waals surface area contributed by atoms with E-state index >= 15 is 0 Å². The zero-order chi connectivity index (χ0) is 24.5. The molecule has 4 aromatic rings. The quantitative estimate of drug-likeness (QED) is 0.232. The van der Waals surface area contributed by atoms with Gasteiger partial charge in [0.1, 0.15) is 0 Å². The van der Waals surface area contributed by atoms with Gasteiger partial charge in [-0.15, -0.1) is 0 Å². The molecule has 0 bridgehead atoms. The highest BCUT2D eigenvalue weighted by Crippen LogP contribution is 2.49. The Kier molecular flexibility index (Phi) is 6.05. The molecule has 6 heteroatoms. The van der Waals surface area contributed by atoms with Crippen LogP contribution in [0.15, 0.2) is 93.2 Å².